The fourth-order valence-corrected chi connectivity index (χ4v) is 2.33. The summed E-state index contributed by atoms with van der Waals surface area (Å²) in [6.45, 7) is 8.66. The van der Waals surface area contributed by atoms with Gasteiger partial charge in [-0.3, -0.25) is 0 Å². The van der Waals surface area contributed by atoms with Gasteiger partial charge >= 0.3 is 0 Å². The second kappa shape index (κ2) is 4.14. The van der Waals surface area contributed by atoms with Crippen LogP contribution in [-0.4, -0.2) is 5.54 Å². The molecule has 1 unspecified atom stereocenters. The highest BCUT2D eigenvalue weighted by Crippen LogP contribution is 2.32. The van der Waals surface area contributed by atoms with E-state index < -0.39 is 0 Å². The molecule has 0 saturated heterocycles. The summed E-state index contributed by atoms with van der Waals surface area (Å²) in [6, 6.07) is 10.5. The van der Waals surface area contributed by atoms with Crippen molar-refractivity contribution < 1.29 is 0 Å². The van der Waals surface area contributed by atoms with E-state index in [4.69, 9.17) is 5.73 Å². The van der Waals surface area contributed by atoms with Gasteiger partial charge < -0.3 is 5.73 Å². The first-order valence-electron chi connectivity index (χ1n) is 5.26. The van der Waals surface area contributed by atoms with Crippen molar-refractivity contribution in [2.45, 2.75) is 39.2 Å². The second-order valence-corrected chi connectivity index (χ2v) is 4.95. The van der Waals surface area contributed by atoms with Gasteiger partial charge in [0.25, 0.3) is 0 Å². The molecule has 0 aliphatic rings. The average Bonchev–Trinajstić information content (AvgIpc) is 2.02. The van der Waals surface area contributed by atoms with E-state index in [1.807, 2.05) is 6.07 Å². The van der Waals surface area contributed by atoms with E-state index in [0.717, 1.165) is 0 Å². The normalized spacial score (nSPS) is 14.4. The van der Waals surface area contributed by atoms with Crippen molar-refractivity contribution in [2.24, 2.45) is 11.7 Å². The molecule has 1 aromatic rings. The Balaban J connectivity index is 3.02. The van der Waals surface area contributed by atoms with Crippen LogP contribution in [0.3, 0.4) is 0 Å². The van der Waals surface area contributed by atoms with Crippen molar-refractivity contribution in [3.63, 3.8) is 0 Å². The molecule has 1 nitrogen and oxygen atoms in total. The Morgan fingerprint density at radius 3 is 1.93 bits per heavy atom. The van der Waals surface area contributed by atoms with Gasteiger partial charge in [0.05, 0.1) is 0 Å². The Morgan fingerprint density at radius 1 is 1.07 bits per heavy atom. The van der Waals surface area contributed by atoms with Crippen LogP contribution >= 0.6 is 0 Å². The maximum atomic E-state index is 6.21. The highest BCUT2D eigenvalue weighted by Gasteiger charge is 2.29. The molecule has 1 aromatic carbocycles. The summed E-state index contributed by atoms with van der Waals surface area (Å²) in [5.74, 6) is 0.987. The van der Waals surface area contributed by atoms with E-state index in [9.17, 15) is 0 Å². The molecule has 1 atom stereocenters. The first-order chi connectivity index (χ1) is 6.43. The number of hydrogen-bond donors (Lipinski definition) is 1. The molecule has 0 fully saturated rings. The number of hydrogen-bond acceptors (Lipinski definition) is 1. The molecule has 0 saturated carbocycles. The maximum absolute atomic E-state index is 6.21. The van der Waals surface area contributed by atoms with Crippen LogP contribution < -0.4 is 5.73 Å². The second-order valence-electron chi connectivity index (χ2n) is 4.95. The van der Waals surface area contributed by atoms with Gasteiger partial charge in [0.2, 0.25) is 0 Å². The van der Waals surface area contributed by atoms with E-state index in [1.54, 1.807) is 0 Å². The van der Waals surface area contributed by atoms with Crippen molar-refractivity contribution in [3.05, 3.63) is 35.9 Å². The van der Waals surface area contributed by atoms with Gasteiger partial charge in [-0.1, -0.05) is 44.2 Å². The molecule has 14 heavy (non-hydrogen) atoms. The Kier molecular flexibility index (Phi) is 3.33. The summed E-state index contributed by atoms with van der Waals surface area (Å²) < 4.78 is 0. The van der Waals surface area contributed by atoms with E-state index >= 15 is 0 Å². The molecule has 0 bridgehead atoms. The molecule has 1 heteroatoms. The molecule has 78 valence electrons. The lowest BCUT2D eigenvalue weighted by atomic mass is 9.75. The SMILES string of the molecule is CC(C)C(c1ccccc1)C(C)(C)N. The van der Waals surface area contributed by atoms with Crippen LogP contribution in [0.5, 0.6) is 0 Å². The van der Waals surface area contributed by atoms with E-state index in [1.165, 1.54) is 5.56 Å². The first-order valence-corrected chi connectivity index (χ1v) is 5.26. The lowest BCUT2D eigenvalue weighted by Gasteiger charge is -2.34. The summed E-state index contributed by atoms with van der Waals surface area (Å²) in [7, 11) is 0. The summed E-state index contributed by atoms with van der Waals surface area (Å²) in [5, 5.41) is 0. The van der Waals surface area contributed by atoms with Crippen molar-refractivity contribution in [2.75, 3.05) is 0 Å². The Labute approximate surface area is 87.3 Å². The molecule has 0 spiro atoms. The lowest BCUT2D eigenvalue weighted by molar-refractivity contribution is 0.331. The monoisotopic (exact) mass is 191 g/mol. The molecule has 0 heterocycles. The zero-order valence-corrected chi connectivity index (χ0v) is 9.62. The van der Waals surface area contributed by atoms with Crippen molar-refractivity contribution in [1.82, 2.24) is 0 Å². The Hall–Kier alpha value is -0.820. The largest absolute Gasteiger partial charge is 0.325 e. The van der Waals surface area contributed by atoms with Gasteiger partial charge in [0, 0.05) is 11.5 Å². The third kappa shape index (κ3) is 2.58. The minimum Gasteiger partial charge on any atom is -0.325 e. The van der Waals surface area contributed by atoms with Gasteiger partial charge in [0.15, 0.2) is 0 Å². The predicted molar refractivity (Wildman–Crippen MR) is 62.3 cm³/mol. The molecule has 0 aliphatic carbocycles. The van der Waals surface area contributed by atoms with Crippen LogP contribution in [0.4, 0.5) is 0 Å². The van der Waals surface area contributed by atoms with Crippen molar-refractivity contribution in [1.29, 1.82) is 0 Å². The van der Waals surface area contributed by atoms with E-state index in [0.29, 0.717) is 11.8 Å². The van der Waals surface area contributed by atoms with Gasteiger partial charge in [0.1, 0.15) is 0 Å². The van der Waals surface area contributed by atoms with Gasteiger partial charge in [-0.2, -0.15) is 0 Å². The van der Waals surface area contributed by atoms with Gasteiger partial charge in [-0.05, 0) is 25.3 Å². The van der Waals surface area contributed by atoms with Crippen LogP contribution in [0.25, 0.3) is 0 Å². The number of benzene rings is 1. The summed E-state index contributed by atoms with van der Waals surface area (Å²) in [5.41, 5.74) is 7.40. The number of nitrogens with two attached hydrogens (primary N) is 1. The summed E-state index contributed by atoms with van der Waals surface area (Å²) in [4.78, 5) is 0. The quantitative estimate of drug-likeness (QED) is 0.780. The van der Waals surface area contributed by atoms with E-state index in [-0.39, 0.29) is 5.54 Å². The zero-order chi connectivity index (χ0) is 10.8. The molecular formula is C13H21N. The Morgan fingerprint density at radius 2 is 1.57 bits per heavy atom. The first kappa shape index (κ1) is 11.3. The van der Waals surface area contributed by atoms with Gasteiger partial charge in [-0.25, -0.2) is 0 Å². The molecular weight excluding hydrogens is 170 g/mol. The maximum Gasteiger partial charge on any atom is 0.0168 e. The zero-order valence-electron chi connectivity index (χ0n) is 9.62. The number of rotatable bonds is 3. The molecule has 0 aliphatic heterocycles. The van der Waals surface area contributed by atoms with Gasteiger partial charge in [-0.15, -0.1) is 0 Å². The van der Waals surface area contributed by atoms with Crippen LogP contribution in [0.2, 0.25) is 0 Å². The standard InChI is InChI=1S/C13H21N/c1-10(2)12(13(3,4)14)11-8-6-5-7-9-11/h5-10,12H,14H2,1-4H3. The van der Waals surface area contributed by atoms with E-state index in [2.05, 4.69) is 52.0 Å². The smallest absolute Gasteiger partial charge is 0.0168 e. The molecule has 0 aromatic heterocycles. The van der Waals surface area contributed by atoms with Crippen LogP contribution in [-0.2, 0) is 0 Å². The third-order valence-corrected chi connectivity index (χ3v) is 2.63. The highest BCUT2D eigenvalue weighted by molar-refractivity contribution is 5.23. The average molecular weight is 191 g/mol. The topological polar surface area (TPSA) is 26.0 Å². The van der Waals surface area contributed by atoms with Crippen molar-refractivity contribution in [3.8, 4) is 0 Å². The molecule has 0 radical (unpaired) electrons. The summed E-state index contributed by atoms with van der Waals surface area (Å²) in [6.07, 6.45) is 0. The fraction of sp³-hybridized carbons (Fsp3) is 0.538. The minimum atomic E-state index is -0.157. The lowest BCUT2D eigenvalue weighted by Crippen LogP contribution is -2.41. The summed E-state index contributed by atoms with van der Waals surface area (Å²) >= 11 is 0. The Bertz CT molecular complexity index is 269. The third-order valence-electron chi connectivity index (χ3n) is 2.63. The molecule has 2 N–H and O–H groups in total. The fourth-order valence-electron chi connectivity index (χ4n) is 2.33. The van der Waals surface area contributed by atoms with Crippen molar-refractivity contribution >= 4 is 0 Å². The molecule has 1 rings (SSSR count). The molecule has 0 amide bonds. The van der Waals surface area contributed by atoms with Crippen LogP contribution in [0.15, 0.2) is 30.3 Å². The van der Waals surface area contributed by atoms with Crippen LogP contribution in [0.1, 0.15) is 39.2 Å². The van der Waals surface area contributed by atoms with Crippen LogP contribution in [0, 0.1) is 5.92 Å². The minimum absolute atomic E-state index is 0.157. The predicted octanol–water partition coefficient (Wildman–Crippen LogP) is 3.16. The highest BCUT2D eigenvalue weighted by atomic mass is 14.7.